The Balaban J connectivity index is 4.34. The summed E-state index contributed by atoms with van der Waals surface area (Å²) in [6, 6.07) is 0. The van der Waals surface area contributed by atoms with Crippen LogP contribution in [0.15, 0.2) is 23.6 Å². The van der Waals surface area contributed by atoms with Crippen LogP contribution in [-0.4, -0.2) is 32.4 Å². The Morgan fingerprint density at radius 1 is 1.45 bits per heavy atom. The Labute approximate surface area is 71.9 Å². The molecule has 0 saturated heterocycles. The minimum absolute atomic E-state index is 0.562. The molecule has 0 atom stereocenters. The van der Waals surface area contributed by atoms with Gasteiger partial charge in [-0.15, -0.1) is 0 Å². The second kappa shape index (κ2) is 4.62. The van der Waals surface area contributed by atoms with Crippen molar-refractivity contribution in [3.8, 4) is 0 Å². The summed E-state index contributed by atoms with van der Waals surface area (Å²) >= 11 is 0. The highest BCUT2D eigenvalue weighted by Crippen LogP contribution is 2.43. The van der Waals surface area contributed by atoms with E-state index >= 15 is 0 Å². The van der Waals surface area contributed by atoms with E-state index in [2.05, 4.69) is 36.7 Å². The van der Waals surface area contributed by atoms with E-state index in [1.807, 2.05) is 13.1 Å². The molecule has 11 heavy (non-hydrogen) atoms. The molecule has 1 N–H and O–H groups in total. The lowest BCUT2D eigenvalue weighted by molar-refractivity contribution is 0.909. The topological polar surface area (TPSA) is 12.0 Å². The summed E-state index contributed by atoms with van der Waals surface area (Å²) in [5.41, 5.74) is 0. The first-order valence-electron chi connectivity index (χ1n) is 3.67. The number of allylic oxidation sites excluding steroid dienone is 2. The van der Waals surface area contributed by atoms with E-state index in [9.17, 15) is 0 Å². The van der Waals surface area contributed by atoms with Crippen molar-refractivity contribution in [3.63, 3.8) is 0 Å². The van der Waals surface area contributed by atoms with Gasteiger partial charge in [-0.25, -0.2) is 10.0 Å². The summed E-state index contributed by atoms with van der Waals surface area (Å²) in [5, 5.41) is 3.16. The van der Waals surface area contributed by atoms with Gasteiger partial charge in [-0.3, -0.25) is 0 Å². The molecule has 0 aliphatic carbocycles. The van der Waals surface area contributed by atoms with E-state index in [1.54, 1.807) is 0 Å². The molecule has 2 heteroatoms. The van der Waals surface area contributed by atoms with Crippen molar-refractivity contribution in [1.82, 2.24) is 5.32 Å². The number of hydrogen-bond donors (Lipinski definition) is 1. The van der Waals surface area contributed by atoms with E-state index in [4.69, 9.17) is 0 Å². The van der Waals surface area contributed by atoms with Crippen molar-refractivity contribution in [2.24, 2.45) is 0 Å². The van der Waals surface area contributed by atoms with Crippen LogP contribution in [-0.2, 0) is 0 Å². The summed E-state index contributed by atoms with van der Waals surface area (Å²) in [4.78, 5) is 1.47. The van der Waals surface area contributed by atoms with Gasteiger partial charge in [0.25, 0.3) is 0 Å². The summed E-state index contributed by atoms with van der Waals surface area (Å²) < 4.78 is 0. The van der Waals surface area contributed by atoms with Crippen LogP contribution in [0.3, 0.4) is 0 Å². The fourth-order valence-corrected chi connectivity index (χ4v) is 1.87. The van der Waals surface area contributed by atoms with E-state index in [0.29, 0.717) is 0 Å². The third-order valence-electron chi connectivity index (χ3n) is 1.44. The third-order valence-corrected chi connectivity index (χ3v) is 3.29. The highest BCUT2D eigenvalue weighted by Gasteiger charge is 2.08. The highest BCUT2D eigenvalue weighted by molar-refractivity contribution is 8.35. The number of nitrogens with one attached hydrogen (secondary N) is 1. The zero-order valence-corrected chi connectivity index (χ0v) is 8.79. The Kier molecular flexibility index (Phi) is 4.54. The summed E-state index contributed by atoms with van der Waals surface area (Å²) in [7, 11) is 1.41. The fraction of sp³-hybridized carbons (Fsp3) is 0.556. The molecule has 0 aromatic rings. The van der Waals surface area contributed by atoms with Crippen LogP contribution >= 0.6 is 10.0 Å². The van der Waals surface area contributed by atoms with Gasteiger partial charge in [-0.05, 0) is 30.7 Å². The number of hydrogen-bond acceptors (Lipinski definition) is 1. The first-order chi connectivity index (χ1) is 5.02. The number of likely N-dealkylation sites (N-methyl/N-ethyl adjacent to an activating group) is 1. The SMILES string of the molecule is C=C/C=C(\CNC)S(C)(C)C. The quantitative estimate of drug-likeness (QED) is 0.641. The van der Waals surface area contributed by atoms with Gasteiger partial charge < -0.3 is 5.32 Å². The van der Waals surface area contributed by atoms with Crippen LogP contribution in [0.25, 0.3) is 0 Å². The van der Waals surface area contributed by atoms with E-state index < -0.39 is 10.0 Å². The maximum absolute atomic E-state index is 3.71. The molecule has 0 aromatic heterocycles. The summed E-state index contributed by atoms with van der Waals surface area (Å²) in [6.45, 7) is 4.68. The van der Waals surface area contributed by atoms with Crippen LogP contribution in [0.2, 0.25) is 0 Å². The molecule has 0 unspecified atom stereocenters. The van der Waals surface area contributed by atoms with Crippen molar-refractivity contribution in [1.29, 1.82) is 0 Å². The molecule has 0 spiro atoms. The minimum Gasteiger partial charge on any atom is -0.315 e. The summed E-state index contributed by atoms with van der Waals surface area (Å²) in [6.07, 6.45) is 10.9. The molecule has 0 heterocycles. The fourth-order valence-electron chi connectivity index (χ4n) is 0.785. The van der Waals surface area contributed by atoms with Crippen molar-refractivity contribution in [2.45, 2.75) is 0 Å². The van der Waals surface area contributed by atoms with Crippen LogP contribution in [0.4, 0.5) is 0 Å². The molecule has 0 fully saturated rings. The van der Waals surface area contributed by atoms with E-state index in [-0.39, 0.29) is 0 Å². The molecule has 0 aromatic carbocycles. The largest absolute Gasteiger partial charge is 0.315 e. The molecule has 0 rings (SSSR count). The van der Waals surface area contributed by atoms with Crippen molar-refractivity contribution in [3.05, 3.63) is 23.6 Å². The van der Waals surface area contributed by atoms with Gasteiger partial charge in [0, 0.05) is 6.54 Å². The van der Waals surface area contributed by atoms with Gasteiger partial charge >= 0.3 is 0 Å². The average Bonchev–Trinajstić information content (AvgIpc) is 1.85. The van der Waals surface area contributed by atoms with Gasteiger partial charge in [-0.2, -0.15) is 0 Å². The normalized spacial score (nSPS) is 14.7. The van der Waals surface area contributed by atoms with E-state index in [1.165, 1.54) is 4.91 Å². The minimum atomic E-state index is -0.562. The van der Waals surface area contributed by atoms with Gasteiger partial charge in [-0.1, -0.05) is 18.7 Å². The lowest BCUT2D eigenvalue weighted by Gasteiger charge is -2.28. The average molecular weight is 173 g/mol. The van der Waals surface area contributed by atoms with Crippen LogP contribution < -0.4 is 5.32 Å². The van der Waals surface area contributed by atoms with Gasteiger partial charge in [0.05, 0.1) is 0 Å². The van der Waals surface area contributed by atoms with Gasteiger partial charge in [0.15, 0.2) is 0 Å². The zero-order chi connectivity index (χ0) is 8.91. The maximum atomic E-state index is 3.71. The molecule has 0 aliphatic heterocycles. The standard InChI is InChI=1S/C9H19NS/c1-6-7-9(8-10-2)11(3,4)5/h6-7,10H,1,8H2,2-5H3/b9-7+. The first-order valence-corrected chi connectivity index (χ1v) is 6.52. The Bertz CT molecular complexity index is 153. The van der Waals surface area contributed by atoms with Crippen molar-refractivity contribution >= 4 is 10.0 Å². The molecular formula is C9H19NS. The van der Waals surface area contributed by atoms with Crippen LogP contribution in [0, 0.1) is 0 Å². The second-order valence-electron chi connectivity index (χ2n) is 3.24. The molecule has 66 valence electrons. The van der Waals surface area contributed by atoms with Crippen LogP contribution in [0.5, 0.6) is 0 Å². The predicted octanol–water partition coefficient (Wildman–Crippen LogP) is 1.97. The molecule has 0 amide bonds. The predicted molar refractivity (Wildman–Crippen MR) is 57.6 cm³/mol. The van der Waals surface area contributed by atoms with Gasteiger partial charge in [0.2, 0.25) is 0 Å². The maximum Gasteiger partial charge on any atom is 0.0247 e. The van der Waals surface area contributed by atoms with Gasteiger partial charge in [0.1, 0.15) is 0 Å². The Morgan fingerprint density at radius 2 is 2.00 bits per heavy atom. The zero-order valence-electron chi connectivity index (χ0n) is 7.98. The molecular weight excluding hydrogens is 154 g/mol. The van der Waals surface area contributed by atoms with Crippen LogP contribution in [0.1, 0.15) is 0 Å². The highest BCUT2D eigenvalue weighted by atomic mass is 32.3. The smallest absolute Gasteiger partial charge is 0.0247 e. The Hall–Kier alpha value is -0.210. The molecule has 0 radical (unpaired) electrons. The second-order valence-corrected chi connectivity index (χ2v) is 7.43. The molecule has 0 saturated carbocycles. The Morgan fingerprint density at radius 3 is 2.27 bits per heavy atom. The van der Waals surface area contributed by atoms with E-state index in [0.717, 1.165) is 6.54 Å². The number of rotatable bonds is 4. The monoisotopic (exact) mass is 173 g/mol. The first kappa shape index (κ1) is 10.8. The lowest BCUT2D eigenvalue weighted by atomic mass is 10.5. The molecule has 0 aliphatic rings. The molecule has 1 nitrogen and oxygen atoms in total. The van der Waals surface area contributed by atoms with Crippen molar-refractivity contribution in [2.75, 3.05) is 32.4 Å². The summed E-state index contributed by atoms with van der Waals surface area (Å²) in [5.74, 6) is 0. The third kappa shape index (κ3) is 4.27. The molecule has 0 bridgehead atoms. The van der Waals surface area contributed by atoms with Crippen molar-refractivity contribution < 1.29 is 0 Å². The lowest BCUT2D eigenvalue weighted by Crippen LogP contribution is -2.13.